The van der Waals surface area contributed by atoms with E-state index in [4.69, 9.17) is 10.00 Å². The number of hydrogen-bond donors (Lipinski definition) is 0. The van der Waals surface area contributed by atoms with Crippen molar-refractivity contribution in [3.8, 4) is 11.8 Å². The SMILES string of the molecule is CN(C)CC1CCN(CCOc2cccc(C#N)c2)CC1. The molecule has 1 heterocycles. The zero-order valence-electron chi connectivity index (χ0n) is 13.1. The highest BCUT2D eigenvalue weighted by Crippen LogP contribution is 2.18. The quantitative estimate of drug-likeness (QED) is 0.804. The van der Waals surface area contributed by atoms with Crippen molar-refractivity contribution in [1.29, 1.82) is 5.26 Å². The van der Waals surface area contributed by atoms with Crippen LogP contribution < -0.4 is 4.74 Å². The minimum atomic E-state index is 0.650. The Kier molecular flexibility index (Phi) is 6.04. The van der Waals surface area contributed by atoms with E-state index in [0.29, 0.717) is 12.2 Å². The van der Waals surface area contributed by atoms with Crippen LogP contribution in [0.3, 0.4) is 0 Å². The standard InChI is InChI=1S/C17H25N3O/c1-19(2)14-15-6-8-20(9-7-15)10-11-21-17-5-3-4-16(12-17)13-18/h3-5,12,15H,6-11,14H2,1-2H3. The van der Waals surface area contributed by atoms with Gasteiger partial charge in [0, 0.05) is 13.1 Å². The Hall–Kier alpha value is -1.57. The Labute approximate surface area is 127 Å². The first-order valence-corrected chi connectivity index (χ1v) is 7.67. The van der Waals surface area contributed by atoms with Crippen molar-refractivity contribution >= 4 is 0 Å². The van der Waals surface area contributed by atoms with Crippen LogP contribution in [0.2, 0.25) is 0 Å². The summed E-state index contributed by atoms with van der Waals surface area (Å²) in [7, 11) is 4.30. The molecule has 1 saturated heterocycles. The van der Waals surface area contributed by atoms with Gasteiger partial charge in [0.25, 0.3) is 0 Å². The van der Waals surface area contributed by atoms with E-state index >= 15 is 0 Å². The van der Waals surface area contributed by atoms with Crippen molar-refractivity contribution in [2.24, 2.45) is 5.92 Å². The molecule has 0 N–H and O–H groups in total. The molecule has 1 fully saturated rings. The van der Waals surface area contributed by atoms with Gasteiger partial charge in [-0.1, -0.05) is 6.07 Å². The van der Waals surface area contributed by atoms with Gasteiger partial charge in [-0.3, -0.25) is 4.90 Å². The van der Waals surface area contributed by atoms with E-state index in [9.17, 15) is 0 Å². The Balaban J connectivity index is 1.67. The topological polar surface area (TPSA) is 39.5 Å². The molecule has 1 aliphatic heterocycles. The molecule has 4 heteroatoms. The molecular weight excluding hydrogens is 262 g/mol. The molecule has 0 amide bonds. The minimum absolute atomic E-state index is 0.650. The lowest BCUT2D eigenvalue weighted by molar-refractivity contribution is 0.141. The van der Waals surface area contributed by atoms with Crippen molar-refractivity contribution in [3.05, 3.63) is 29.8 Å². The van der Waals surface area contributed by atoms with Gasteiger partial charge in [-0.05, 0) is 64.1 Å². The van der Waals surface area contributed by atoms with E-state index in [0.717, 1.165) is 18.2 Å². The lowest BCUT2D eigenvalue weighted by atomic mass is 9.96. The third-order valence-electron chi connectivity index (χ3n) is 3.97. The van der Waals surface area contributed by atoms with Crippen LogP contribution in [-0.4, -0.2) is 56.7 Å². The molecule has 0 bridgehead atoms. The third-order valence-corrected chi connectivity index (χ3v) is 3.97. The fourth-order valence-electron chi connectivity index (χ4n) is 2.86. The van der Waals surface area contributed by atoms with E-state index in [1.807, 2.05) is 12.1 Å². The first-order chi connectivity index (χ1) is 10.2. The Morgan fingerprint density at radius 2 is 2.10 bits per heavy atom. The highest BCUT2D eigenvalue weighted by molar-refractivity contribution is 5.36. The Bertz CT molecular complexity index is 473. The average molecular weight is 287 g/mol. The molecule has 0 spiro atoms. The van der Waals surface area contributed by atoms with Crippen LogP contribution >= 0.6 is 0 Å². The van der Waals surface area contributed by atoms with E-state index in [1.54, 1.807) is 12.1 Å². The molecule has 1 aliphatic rings. The second-order valence-electron chi connectivity index (χ2n) is 6.04. The molecule has 114 valence electrons. The first-order valence-electron chi connectivity index (χ1n) is 7.67. The highest BCUT2D eigenvalue weighted by Gasteiger charge is 2.19. The average Bonchev–Trinajstić information content (AvgIpc) is 2.49. The van der Waals surface area contributed by atoms with Crippen LogP contribution in [0.4, 0.5) is 0 Å². The summed E-state index contributed by atoms with van der Waals surface area (Å²) >= 11 is 0. The second-order valence-corrected chi connectivity index (χ2v) is 6.04. The predicted molar refractivity (Wildman–Crippen MR) is 84.4 cm³/mol. The van der Waals surface area contributed by atoms with Crippen molar-refractivity contribution in [1.82, 2.24) is 9.80 Å². The number of piperidine rings is 1. The smallest absolute Gasteiger partial charge is 0.120 e. The van der Waals surface area contributed by atoms with E-state index < -0.39 is 0 Å². The van der Waals surface area contributed by atoms with Crippen molar-refractivity contribution < 1.29 is 4.74 Å². The number of hydrogen-bond acceptors (Lipinski definition) is 4. The number of likely N-dealkylation sites (tertiary alicyclic amines) is 1. The summed E-state index contributed by atoms with van der Waals surface area (Å²) in [6.45, 7) is 5.18. The molecule has 0 atom stereocenters. The van der Waals surface area contributed by atoms with Gasteiger partial charge in [-0.15, -0.1) is 0 Å². The van der Waals surface area contributed by atoms with Gasteiger partial charge in [-0.2, -0.15) is 5.26 Å². The van der Waals surface area contributed by atoms with Crippen molar-refractivity contribution in [2.45, 2.75) is 12.8 Å². The minimum Gasteiger partial charge on any atom is -0.492 e. The predicted octanol–water partition coefficient (Wildman–Crippen LogP) is 2.21. The number of rotatable bonds is 6. The summed E-state index contributed by atoms with van der Waals surface area (Å²) in [4.78, 5) is 4.76. The van der Waals surface area contributed by atoms with Gasteiger partial charge in [0.1, 0.15) is 12.4 Å². The monoisotopic (exact) mass is 287 g/mol. The summed E-state index contributed by atoms with van der Waals surface area (Å²) in [6, 6.07) is 9.49. The van der Waals surface area contributed by atoms with Crippen LogP contribution in [0.25, 0.3) is 0 Å². The van der Waals surface area contributed by atoms with E-state index in [1.165, 1.54) is 32.5 Å². The normalized spacial score (nSPS) is 16.9. The lowest BCUT2D eigenvalue weighted by Crippen LogP contribution is -2.39. The molecule has 2 rings (SSSR count). The van der Waals surface area contributed by atoms with E-state index in [2.05, 4.69) is 30.0 Å². The van der Waals surface area contributed by atoms with E-state index in [-0.39, 0.29) is 0 Å². The Morgan fingerprint density at radius 3 is 2.76 bits per heavy atom. The fourth-order valence-corrected chi connectivity index (χ4v) is 2.86. The largest absolute Gasteiger partial charge is 0.492 e. The van der Waals surface area contributed by atoms with Crippen molar-refractivity contribution in [2.75, 3.05) is 46.9 Å². The molecule has 4 nitrogen and oxygen atoms in total. The summed E-state index contributed by atoms with van der Waals surface area (Å²) < 4.78 is 5.74. The molecule has 0 radical (unpaired) electrons. The van der Waals surface area contributed by atoms with Crippen LogP contribution in [0.1, 0.15) is 18.4 Å². The molecule has 21 heavy (non-hydrogen) atoms. The van der Waals surface area contributed by atoms with Gasteiger partial charge < -0.3 is 9.64 Å². The zero-order chi connectivity index (χ0) is 15.1. The zero-order valence-corrected chi connectivity index (χ0v) is 13.1. The highest BCUT2D eigenvalue weighted by atomic mass is 16.5. The number of benzene rings is 1. The van der Waals surface area contributed by atoms with Crippen LogP contribution in [0.5, 0.6) is 5.75 Å². The summed E-state index contributed by atoms with van der Waals surface area (Å²) in [5, 5.41) is 8.86. The molecule has 0 unspecified atom stereocenters. The number of ether oxygens (including phenoxy) is 1. The van der Waals surface area contributed by atoms with Crippen molar-refractivity contribution in [3.63, 3.8) is 0 Å². The van der Waals surface area contributed by atoms with Crippen LogP contribution in [-0.2, 0) is 0 Å². The van der Waals surface area contributed by atoms with Gasteiger partial charge in [0.15, 0.2) is 0 Å². The Morgan fingerprint density at radius 1 is 1.33 bits per heavy atom. The second kappa shape index (κ2) is 8.02. The van der Waals surface area contributed by atoms with Gasteiger partial charge in [-0.25, -0.2) is 0 Å². The summed E-state index contributed by atoms with van der Waals surface area (Å²) in [5.41, 5.74) is 0.650. The number of nitriles is 1. The van der Waals surface area contributed by atoms with Crippen LogP contribution in [0.15, 0.2) is 24.3 Å². The summed E-state index contributed by atoms with van der Waals surface area (Å²) in [6.07, 6.45) is 2.56. The van der Waals surface area contributed by atoms with Crippen LogP contribution in [0, 0.1) is 17.2 Å². The summed E-state index contributed by atoms with van der Waals surface area (Å²) in [5.74, 6) is 1.63. The molecule has 0 saturated carbocycles. The lowest BCUT2D eigenvalue weighted by Gasteiger charge is -2.33. The molecule has 1 aromatic rings. The third kappa shape index (κ3) is 5.37. The maximum Gasteiger partial charge on any atom is 0.120 e. The van der Waals surface area contributed by atoms with Gasteiger partial charge in [0.05, 0.1) is 11.6 Å². The molecule has 1 aromatic carbocycles. The first kappa shape index (κ1) is 15.8. The van der Waals surface area contributed by atoms with Gasteiger partial charge in [0.2, 0.25) is 0 Å². The number of nitrogens with zero attached hydrogens (tertiary/aromatic N) is 3. The maximum atomic E-state index is 8.86. The molecule has 0 aliphatic carbocycles. The molecule has 0 aromatic heterocycles. The molecular formula is C17H25N3O. The maximum absolute atomic E-state index is 8.86. The van der Waals surface area contributed by atoms with Gasteiger partial charge >= 0.3 is 0 Å². The fraction of sp³-hybridized carbons (Fsp3) is 0.588.